The van der Waals surface area contributed by atoms with Crippen molar-refractivity contribution in [3.63, 3.8) is 0 Å². The van der Waals surface area contributed by atoms with Crippen LogP contribution in [0.4, 0.5) is 0 Å². The van der Waals surface area contributed by atoms with Crippen LogP contribution in [0.3, 0.4) is 0 Å². The molecular weight excluding hydrogens is 551 g/mol. The smallest absolute Gasteiger partial charge is 0.550 e. The minimum absolute atomic E-state index is 0. The Balaban J connectivity index is -0.000000310. The minimum atomic E-state index is -0.905. The summed E-state index contributed by atoms with van der Waals surface area (Å²) in [7, 11) is 0. The summed E-state index contributed by atoms with van der Waals surface area (Å²) in [5, 5.41) is 20.4. The van der Waals surface area contributed by atoms with Crippen LogP contribution in [-0.2, 0) is 9.59 Å². The van der Waals surface area contributed by atoms with Gasteiger partial charge in [0.2, 0.25) is 0 Å². The standard InChI is InChI=1S/C18H36O2.C16H32O2.2K/c1-2-3-4-5-6-7-8-9-10-11-12-13-14-15-16-17-18(19)20;1-2-3-4-5-6-7-8-9-10-11-12-13-14-15-16(17)18;;/h2-17H2,1H3,(H,19,20);2-15H2,1H3,(H,17,18);;/q;;2*+1/p-2. The van der Waals surface area contributed by atoms with Crippen molar-refractivity contribution >= 4 is 11.9 Å². The first-order valence-corrected chi connectivity index (χ1v) is 16.9. The molecule has 0 radical (unpaired) electrons. The fraction of sp³-hybridized carbons (Fsp3) is 0.941. The molecule has 0 fully saturated rings. The number of carbonyl (C=O) groups excluding carboxylic acids is 2. The molecule has 0 N–H and O–H groups in total. The van der Waals surface area contributed by atoms with Gasteiger partial charge < -0.3 is 19.8 Å². The molecule has 0 aromatic carbocycles. The molecule has 0 aliphatic carbocycles. The van der Waals surface area contributed by atoms with Crippen LogP contribution in [0.25, 0.3) is 0 Å². The van der Waals surface area contributed by atoms with Crippen LogP contribution in [0.2, 0.25) is 0 Å². The zero-order valence-corrected chi connectivity index (χ0v) is 34.1. The number of rotatable bonds is 30. The molecule has 0 unspecified atom stereocenters. The van der Waals surface area contributed by atoms with Crippen LogP contribution in [0.1, 0.15) is 206 Å². The van der Waals surface area contributed by atoms with E-state index in [-0.39, 0.29) is 116 Å². The number of carbonyl (C=O) groups is 2. The third kappa shape index (κ3) is 52.8. The van der Waals surface area contributed by atoms with Gasteiger partial charge in [0.1, 0.15) is 0 Å². The summed E-state index contributed by atoms with van der Waals surface area (Å²) < 4.78 is 0. The SMILES string of the molecule is CCCCCCCCCCCCCCCC(=O)[O-].CCCCCCCCCCCCCCCCCC(=O)[O-].[K+].[K+]. The predicted octanol–water partition coefficient (Wildman–Crippen LogP) is 3.22. The van der Waals surface area contributed by atoms with E-state index < -0.39 is 11.9 Å². The van der Waals surface area contributed by atoms with E-state index in [1.807, 2.05) is 0 Å². The van der Waals surface area contributed by atoms with Gasteiger partial charge in [0.15, 0.2) is 0 Å². The molecule has 0 aliphatic rings. The Bertz CT molecular complexity index is 475. The van der Waals surface area contributed by atoms with E-state index in [4.69, 9.17) is 0 Å². The summed E-state index contributed by atoms with van der Waals surface area (Å²) in [5.41, 5.74) is 0. The average molecular weight is 617 g/mol. The first kappa shape index (κ1) is 49.1. The van der Waals surface area contributed by atoms with Crippen molar-refractivity contribution in [2.24, 2.45) is 0 Å². The first-order chi connectivity index (χ1) is 18.5. The van der Waals surface area contributed by atoms with Gasteiger partial charge in [-0.3, -0.25) is 0 Å². The molecule has 0 aromatic heterocycles. The molecule has 0 rings (SSSR count). The molecule has 0 aliphatic heterocycles. The maximum absolute atomic E-state index is 10.2. The Morgan fingerprint density at radius 2 is 0.475 bits per heavy atom. The largest absolute Gasteiger partial charge is 1.00 e. The molecular formula is C34H66K2O4. The van der Waals surface area contributed by atoms with E-state index in [2.05, 4.69) is 13.8 Å². The zero-order chi connectivity index (χ0) is 28.4. The minimum Gasteiger partial charge on any atom is -0.550 e. The van der Waals surface area contributed by atoms with Crippen LogP contribution < -0.4 is 113 Å². The van der Waals surface area contributed by atoms with Crippen molar-refractivity contribution in [1.29, 1.82) is 0 Å². The Hall–Kier alpha value is 2.21. The molecule has 0 atom stereocenters. The molecule has 0 bridgehead atoms. The van der Waals surface area contributed by atoms with Gasteiger partial charge in [-0.15, -0.1) is 0 Å². The number of carboxylic acid groups (broad SMARTS) is 2. The number of carboxylic acids is 2. The van der Waals surface area contributed by atoms with Crippen LogP contribution in [0, 0.1) is 0 Å². The Morgan fingerprint density at radius 3 is 0.625 bits per heavy atom. The monoisotopic (exact) mass is 616 g/mol. The predicted molar refractivity (Wildman–Crippen MR) is 160 cm³/mol. The van der Waals surface area contributed by atoms with Crippen molar-refractivity contribution in [1.82, 2.24) is 0 Å². The third-order valence-corrected chi connectivity index (χ3v) is 7.47. The Morgan fingerprint density at radius 1 is 0.325 bits per heavy atom. The van der Waals surface area contributed by atoms with E-state index in [1.54, 1.807) is 0 Å². The molecule has 0 aromatic rings. The van der Waals surface area contributed by atoms with Crippen molar-refractivity contribution in [2.75, 3.05) is 0 Å². The van der Waals surface area contributed by atoms with E-state index in [9.17, 15) is 19.8 Å². The summed E-state index contributed by atoms with van der Waals surface area (Å²) in [6.07, 6.45) is 36.8. The van der Waals surface area contributed by atoms with Crippen molar-refractivity contribution in [2.45, 2.75) is 206 Å². The first-order valence-electron chi connectivity index (χ1n) is 16.9. The quantitative estimate of drug-likeness (QED) is 0.0917. The zero-order valence-electron chi connectivity index (χ0n) is 27.8. The molecule has 228 valence electrons. The maximum Gasteiger partial charge on any atom is 1.00 e. The summed E-state index contributed by atoms with van der Waals surface area (Å²) in [5.74, 6) is -1.81. The fourth-order valence-corrected chi connectivity index (χ4v) is 4.93. The number of aliphatic carboxylic acids is 2. The molecule has 0 saturated heterocycles. The summed E-state index contributed by atoms with van der Waals surface area (Å²) in [6.45, 7) is 4.52. The number of unbranched alkanes of at least 4 members (excludes halogenated alkanes) is 26. The topological polar surface area (TPSA) is 80.3 Å². The normalized spacial score (nSPS) is 10.2. The average Bonchev–Trinajstić information content (AvgIpc) is 2.89. The molecule has 0 saturated carbocycles. The van der Waals surface area contributed by atoms with Crippen LogP contribution >= 0.6 is 0 Å². The third-order valence-electron chi connectivity index (χ3n) is 7.47. The second kappa shape index (κ2) is 45.6. The summed E-state index contributed by atoms with van der Waals surface area (Å²) in [4.78, 5) is 20.4. The Kier molecular flexibility index (Phi) is 56.0. The molecule has 40 heavy (non-hydrogen) atoms. The van der Waals surface area contributed by atoms with E-state index in [0.29, 0.717) is 0 Å². The van der Waals surface area contributed by atoms with E-state index >= 15 is 0 Å². The van der Waals surface area contributed by atoms with E-state index in [1.165, 1.54) is 154 Å². The number of hydrogen-bond acceptors (Lipinski definition) is 4. The maximum atomic E-state index is 10.2. The molecule has 0 heterocycles. The van der Waals surface area contributed by atoms with Gasteiger partial charge in [0.25, 0.3) is 0 Å². The molecule has 6 heteroatoms. The summed E-state index contributed by atoms with van der Waals surface area (Å²) >= 11 is 0. The van der Waals surface area contributed by atoms with Gasteiger partial charge >= 0.3 is 103 Å². The van der Waals surface area contributed by atoms with Crippen molar-refractivity contribution in [3.8, 4) is 0 Å². The van der Waals surface area contributed by atoms with Crippen LogP contribution in [0.15, 0.2) is 0 Å². The Labute approximate surface area is 336 Å². The van der Waals surface area contributed by atoms with Crippen LogP contribution in [0.5, 0.6) is 0 Å². The second-order valence-electron chi connectivity index (χ2n) is 11.4. The molecule has 0 amide bonds. The van der Waals surface area contributed by atoms with Crippen molar-refractivity contribution < 1.29 is 123 Å². The van der Waals surface area contributed by atoms with Gasteiger partial charge in [0, 0.05) is 11.9 Å². The van der Waals surface area contributed by atoms with Crippen LogP contribution in [-0.4, -0.2) is 11.9 Å². The fourth-order valence-electron chi connectivity index (χ4n) is 4.93. The van der Waals surface area contributed by atoms with Gasteiger partial charge in [-0.1, -0.05) is 181 Å². The van der Waals surface area contributed by atoms with Gasteiger partial charge in [0.05, 0.1) is 0 Å². The number of hydrogen-bond donors (Lipinski definition) is 0. The molecule has 0 spiro atoms. The summed E-state index contributed by atoms with van der Waals surface area (Å²) in [6, 6.07) is 0. The van der Waals surface area contributed by atoms with Gasteiger partial charge in [-0.25, -0.2) is 0 Å². The van der Waals surface area contributed by atoms with Crippen molar-refractivity contribution in [3.05, 3.63) is 0 Å². The molecule has 4 nitrogen and oxygen atoms in total. The van der Waals surface area contributed by atoms with Gasteiger partial charge in [-0.05, 0) is 25.7 Å². The van der Waals surface area contributed by atoms with E-state index in [0.717, 1.165) is 25.7 Å². The van der Waals surface area contributed by atoms with Gasteiger partial charge in [-0.2, -0.15) is 0 Å². The second-order valence-corrected chi connectivity index (χ2v) is 11.4.